The number of thioether (sulfide) groups is 1. The maximum absolute atomic E-state index is 5.63. The number of thiocarbonyl (C=S) groups is 1. The molecular weight excluding hydrogens is 254 g/mol. The van der Waals surface area contributed by atoms with Crippen molar-refractivity contribution >= 4 is 29.0 Å². The van der Waals surface area contributed by atoms with Crippen molar-refractivity contribution in [2.45, 2.75) is 6.42 Å². The minimum atomic E-state index is 0.345. The zero-order chi connectivity index (χ0) is 12.7. The molecule has 0 aliphatic rings. The van der Waals surface area contributed by atoms with Crippen molar-refractivity contribution in [3.8, 4) is 11.5 Å². The van der Waals surface area contributed by atoms with Gasteiger partial charge in [-0.3, -0.25) is 0 Å². The number of hydrogen-bond donors (Lipinski definition) is 1. The van der Waals surface area contributed by atoms with Crippen molar-refractivity contribution in [2.75, 3.05) is 25.7 Å². The van der Waals surface area contributed by atoms with E-state index >= 15 is 0 Å². The van der Waals surface area contributed by atoms with Crippen LogP contribution < -0.4 is 15.2 Å². The second-order valence-corrected chi connectivity index (χ2v) is 4.88. The summed E-state index contributed by atoms with van der Waals surface area (Å²) in [7, 11) is 1.61. The first-order chi connectivity index (χ1) is 8.17. The van der Waals surface area contributed by atoms with Crippen LogP contribution in [0.1, 0.15) is 12.0 Å². The molecule has 0 fully saturated rings. The van der Waals surface area contributed by atoms with Crippen LogP contribution in [-0.2, 0) is 0 Å². The largest absolute Gasteiger partial charge is 0.497 e. The maximum Gasteiger partial charge on any atom is 0.123 e. The van der Waals surface area contributed by atoms with Gasteiger partial charge in [-0.1, -0.05) is 12.2 Å². The van der Waals surface area contributed by atoms with E-state index in [1.54, 1.807) is 24.9 Å². The van der Waals surface area contributed by atoms with Crippen LogP contribution in [-0.4, -0.2) is 30.7 Å². The molecule has 0 aliphatic heterocycles. The van der Waals surface area contributed by atoms with Crippen LogP contribution in [0.25, 0.3) is 0 Å². The van der Waals surface area contributed by atoms with Gasteiger partial charge in [-0.25, -0.2) is 0 Å². The normalized spacial score (nSPS) is 10.0. The molecule has 17 heavy (non-hydrogen) atoms. The molecule has 0 aliphatic carbocycles. The molecule has 1 aromatic rings. The molecule has 3 nitrogen and oxygen atoms in total. The SMILES string of the molecule is COc1cc(OCCCSC)cc(C(N)=S)c1. The molecule has 0 amide bonds. The molecule has 0 unspecified atom stereocenters. The molecule has 2 N–H and O–H groups in total. The lowest BCUT2D eigenvalue weighted by Crippen LogP contribution is -2.10. The average Bonchev–Trinajstić information content (AvgIpc) is 2.34. The molecule has 0 aromatic heterocycles. The fourth-order valence-corrected chi connectivity index (χ4v) is 1.83. The van der Waals surface area contributed by atoms with Crippen LogP contribution in [0.5, 0.6) is 11.5 Å². The van der Waals surface area contributed by atoms with Crippen LogP contribution in [0.15, 0.2) is 18.2 Å². The highest BCUT2D eigenvalue weighted by Crippen LogP contribution is 2.23. The minimum Gasteiger partial charge on any atom is -0.497 e. The number of methoxy groups -OCH3 is 1. The molecule has 5 heteroatoms. The van der Waals surface area contributed by atoms with Gasteiger partial charge in [-0.2, -0.15) is 11.8 Å². The fourth-order valence-electron chi connectivity index (χ4n) is 1.31. The van der Waals surface area contributed by atoms with Crippen LogP contribution in [0, 0.1) is 0 Å². The monoisotopic (exact) mass is 271 g/mol. The van der Waals surface area contributed by atoms with Gasteiger partial charge in [0.05, 0.1) is 13.7 Å². The van der Waals surface area contributed by atoms with Gasteiger partial charge in [0, 0.05) is 11.6 Å². The first-order valence-electron chi connectivity index (χ1n) is 5.28. The third kappa shape index (κ3) is 4.83. The van der Waals surface area contributed by atoms with Crippen molar-refractivity contribution in [3.63, 3.8) is 0 Å². The second-order valence-electron chi connectivity index (χ2n) is 3.46. The highest BCUT2D eigenvalue weighted by atomic mass is 32.2. The first-order valence-corrected chi connectivity index (χ1v) is 7.08. The molecule has 0 spiro atoms. The van der Waals surface area contributed by atoms with E-state index in [1.165, 1.54) is 0 Å². The zero-order valence-electron chi connectivity index (χ0n) is 10.1. The molecule has 0 saturated heterocycles. The molecule has 1 aromatic carbocycles. The van der Waals surface area contributed by atoms with E-state index in [2.05, 4.69) is 6.26 Å². The van der Waals surface area contributed by atoms with Gasteiger partial charge >= 0.3 is 0 Å². The summed E-state index contributed by atoms with van der Waals surface area (Å²) >= 11 is 6.75. The standard InChI is InChI=1S/C12H17NO2S2/c1-14-10-6-9(12(13)16)7-11(8-10)15-4-3-5-17-2/h6-8H,3-5H2,1-2H3,(H2,13,16). The van der Waals surface area contributed by atoms with Crippen molar-refractivity contribution in [1.29, 1.82) is 0 Å². The van der Waals surface area contributed by atoms with E-state index in [9.17, 15) is 0 Å². The Hall–Kier alpha value is -0.940. The summed E-state index contributed by atoms with van der Waals surface area (Å²) in [4.78, 5) is 0.345. The van der Waals surface area contributed by atoms with Gasteiger partial charge in [-0.15, -0.1) is 0 Å². The Bertz CT molecular complexity index is 383. The molecule has 94 valence electrons. The predicted molar refractivity (Wildman–Crippen MR) is 77.4 cm³/mol. The third-order valence-corrected chi connectivity index (χ3v) is 3.09. The number of ether oxygens (including phenoxy) is 2. The highest BCUT2D eigenvalue weighted by molar-refractivity contribution is 7.98. The topological polar surface area (TPSA) is 44.5 Å². The molecule has 0 heterocycles. The molecule has 1 rings (SSSR count). The smallest absolute Gasteiger partial charge is 0.123 e. The maximum atomic E-state index is 5.63. The predicted octanol–water partition coefficient (Wildman–Crippen LogP) is 2.46. The molecule has 0 bridgehead atoms. The van der Waals surface area contributed by atoms with Crippen LogP contribution in [0.2, 0.25) is 0 Å². The van der Waals surface area contributed by atoms with Crippen molar-refractivity contribution in [3.05, 3.63) is 23.8 Å². The number of nitrogens with two attached hydrogens (primary N) is 1. The van der Waals surface area contributed by atoms with E-state index in [0.29, 0.717) is 17.3 Å². The Kier molecular flexibility index (Phi) is 6.15. The van der Waals surface area contributed by atoms with Crippen molar-refractivity contribution < 1.29 is 9.47 Å². The lowest BCUT2D eigenvalue weighted by Gasteiger charge is -2.10. The van der Waals surface area contributed by atoms with Gasteiger partial charge in [0.15, 0.2) is 0 Å². The Morgan fingerprint density at radius 2 is 2.06 bits per heavy atom. The number of benzene rings is 1. The highest BCUT2D eigenvalue weighted by Gasteiger charge is 2.04. The van der Waals surface area contributed by atoms with Crippen molar-refractivity contribution in [1.82, 2.24) is 0 Å². The van der Waals surface area contributed by atoms with E-state index in [-0.39, 0.29) is 0 Å². The average molecular weight is 271 g/mol. The van der Waals surface area contributed by atoms with E-state index in [1.807, 2.05) is 12.1 Å². The lowest BCUT2D eigenvalue weighted by atomic mass is 10.2. The minimum absolute atomic E-state index is 0.345. The lowest BCUT2D eigenvalue weighted by molar-refractivity contribution is 0.316. The van der Waals surface area contributed by atoms with Gasteiger partial charge in [-0.05, 0) is 30.6 Å². The summed E-state index contributed by atoms with van der Waals surface area (Å²) < 4.78 is 10.8. The summed E-state index contributed by atoms with van der Waals surface area (Å²) in [6, 6.07) is 5.47. The molecule has 0 saturated carbocycles. The summed E-state index contributed by atoms with van der Waals surface area (Å²) in [6.07, 6.45) is 3.09. The Morgan fingerprint density at radius 1 is 1.35 bits per heavy atom. The number of hydrogen-bond acceptors (Lipinski definition) is 4. The van der Waals surface area contributed by atoms with Gasteiger partial charge < -0.3 is 15.2 Å². The van der Waals surface area contributed by atoms with Gasteiger partial charge in [0.1, 0.15) is 16.5 Å². The molecular formula is C12H17NO2S2. The van der Waals surface area contributed by atoms with Crippen LogP contribution >= 0.6 is 24.0 Å². The van der Waals surface area contributed by atoms with E-state index < -0.39 is 0 Å². The molecule has 0 radical (unpaired) electrons. The summed E-state index contributed by atoms with van der Waals surface area (Å²) in [5, 5.41) is 0. The second kappa shape index (κ2) is 7.40. The number of rotatable bonds is 7. The van der Waals surface area contributed by atoms with Crippen molar-refractivity contribution in [2.24, 2.45) is 5.73 Å². The van der Waals surface area contributed by atoms with Gasteiger partial charge in [0.2, 0.25) is 0 Å². The summed E-state index contributed by atoms with van der Waals surface area (Å²) in [6.45, 7) is 0.685. The summed E-state index contributed by atoms with van der Waals surface area (Å²) in [5.41, 5.74) is 6.36. The summed E-state index contributed by atoms with van der Waals surface area (Å²) in [5.74, 6) is 2.54. The third-order valence-electron chi connectivity index (χ3n) is 2.16. The van der Waals surface area contributed by atoms with E-state index in [4.69, 9.17) is 27.4 Å². The van der Waals surface area contributed by atoms with Gasteiger partial charge in [0.25, 0.3) is 0 Å². The molecule has 0 atom stereocenters. The Morgan fingerprint density at radius 3 is 2.65 bits per heavy atom. The van der Waals surface area contributed by atoms with Crippen LogP contribution in [0.3, 0.4) is 0 Å². The Labute approximate surface area is 112 Å². The van der Waals surface area contributed by atoms with Crippen LogP contribution in [0.4, 0.5) is 0 Å². The van der Waals surface area contributed by atoms with E-state index in [0.717, 1.165) is 23.5 Å². The fraction of sp³-hybridized carbons (Fsp3) is 0.417. The quantitative estimate of drug-likeness (QED) is 0.609. The Balaban J connectivity index is 2.70. The first kappa shape index (κ1) is 14.1. The zero-order valence-corrected chi connectivity index (χ0v) is 11.7.